The Bertz CT molecular complexity index is 603. The van der Waals surface area contributed by atoms with Gasteiger partial charge in [0.05, 0.1) is 11.4 Å². The first-order valence-electron chi connectivity index (χ1n) is 7.43. The third-order valence-electron chi connectivity index (χ3n) is 3.82. The molecule has 0 saturated carbocycles. The number of hydrogen-bond donors (Lipinski definition) is 2. The van der Waals surface area contributed by atoms with E-state index in [0.717, 1.165) is 37.5 Å². The van der Waals surface area contributed by atoms with Crippen LogP contribution in [0.4, 0.5) is 0 Å². The van der Waals surface area contributed by atoms with Crippen LogP contribution < -0.4 is 11.1 Å². The topological polar surface area (TPSA) is 71.2 Å². The molecule has 1 amide bonds. The lowest BCUT2D eigenvalue weighted by atomic mass is 10.1. The van der Waals surface area contributed by atoms with Gasteiger partial charge >= 0.3 is 0 Å². The molecule has 0 unspecified atom stereocenters. The number of carbonyl (C=O) groups is 1. The van der Waals surface area contributed by atoms with E-state index in [1.54, 1.807) is 22.7 Å². The molecule has 1 saturated heterocycles. The molecule has 0 spiro atoms. The van der Waals surface area contributed by atoms with Crippen LogP contribution in [0.5, 0.6) is 0 Å². The second-order valence-electron chi connectivity index (χ2n) is 5.51. The summed E-state index contributed by atoms with van der Waals surface area (Å²) in [5.41, 5.74) is 5.23. The van der Waals surface area contributed by atoms with Crippen molar-refractivity contribution in [1.29, 1.82) is 0 Å². The molecule has 118 valence electrons. The maximum Gasteiger partial charge on any atom is 0.231 e. The third-order valence-corrected chi connectivity index (χ3v) is 5.85. The minimum absolute atomic E-state index is 0.239. The molecule has 0 aliphatic carbocycles. The Balaban J connectivity index is 1.45. The molecule has 3 N–H and O–H groups in total. The zero-order valence-electron chi connectivity index (χ0n) is 12.3. The highest BCUT2D eigenvalue weighted by Crippen LogP contribution is 2.28. The van der Waals surface area contributed by atoms with E-state index in [2.05, 4.69) is 32.7 Å². The second-order valence-corrected chi connectivity index (χ2v) is 7.57. The van der Waals surface area contributed by atoms with Crippen LogP contribution in [0.25, 0.3) is 9.88 Å². The maximum atomic E-state index is 10.9. The Hall–Kier alpha value is -1.28. The van der Waals surface area contributed by atoms with Gasteiger partial charge in [-0.25, -0.2) is 4.98 Å². The zero-order valence-corrected chi connectivity index (χ0v) is 14.0. The molecule has 5 nitrogen and oxygen atoms in total. The predicted octanol–water partition coefficient (Wildman–Crippen LogP) is 1.91. The summed E-state index contributed by atoms with van der Waals surface area (Å²) in [6.45, 7) is 3.11. The highest BCUT2D eigenvalue weighted by atomic mass is 32.1. The number of amides is 1. The van der Waals surface area contributed by atoms with E-state index >= 15 is 0 Å². The van der Waals surface area contributed by atoms with Gasteiger partial charge in [0.2, 0.25) is 5.91 Å². The number of primary amides is 1. The van der Waals surface area contributed by atoms with Crippen molar-refractivity contribution in [1.82, 2.24) is 15.2 Å². The minimum Gasteiger partial charge on any atom is -0.369 e. The number of nitrogens with two attached hydrogens (primary N) is 1. The molecule has 0 atom stereocenters. The molecule has 22 heavy (non-hydrogen) atoms. The van der Waals surface area contributed by atoms with Gasteiger partial charge in [-0.2, -0.15) is 0 Å². The summed E-state index contributed by atoms with van der Waals surface area (Å²) in [5, 5.41) is 6.78. The average molecular weight is 336 g/mol. The van der Waals surface area contributed by atoms with Gasteiger partial charge in [-0.05, 0) is 24.3 Å². The van der Waals surface area contributed by atoms with Gasteiger partial charge < -0.3 is 11.1 Å². The van der Waals surface area contributed by atoms with Crippen molar-refractivity contribution in [3.05, 3.63) is 28.6 Å². The molecular formula is C15H20N4OS2. The summed E-state index contributed by atoms with van der Waals surface area (Å²) in [7, 11) is 0. The van der Waals surface area contributed by atoms with Gasteiger partial charge in [-0.1, -0.05) is 6.07 Å². The number of hydrogen-bond acceptors (Lipinski definition) is 6. The van der Waals surface area contributed by atoms with E-state index in [-0.39, 0.29) is 5.91 Å². The number of thiophene rings is 1. The molecule has 1 aliphatic heterocycles. The summed E-state index contributed by atoms with van der Waals surface area (Å²) < 4.78 is 0. The Kier molecular flexibility index (Phi) is 5.20. The molecule has 1 aliphatic rings. The van der Waals surface area contributed by atoms with Gasteiger partial charge in [0.15, 0.2) is 0 Å². The van der Waals surface area contributed by atoms with Gasteiger partial charge in [-0.3, -0.25) is 9.69 Å². The van der Waals surface area contributed by atoms with Crippen molar-refractivity contribution in [3.8, 4) is 9.88 Å². The molecule has 7 heteroatoms. The minimum atomic E-state index is -0.239. The van der Waals surface area contributed by atoms with Gasteiger partial charge in [0, 0.05) is 36.8 Å². The van der Waals surface area contributed by atoms with Crippen molar-refractivity contribution >= 4 is 28.6 Å². The number of rotatable bonds is 6. The number of piperidine rings is 1. The number of carbonyl (C=O) groups excluding carboxylic acids is 1. The molecule has 0 bridgehead atoms. The molecular weight excluding hydrogens is 316 g/mol. The second kappa shape index (κ2) is 7.32. The van der Waals surface area contributed by atoms with Crippen LogP contribution in [0.15, 0.2) is 23.7 Å². The first-order chi connectivity index (χ1) is 10.7. The quantitative estimate of drug-likeness (QED) is 0.845. The standard InChI is InChI=1S/C15H20N4OS2/c16-14(20)10-19-5-3-11(4-6-19)17-8-12-9-18-15(22-12)13-2-1-7-21-13/h1-2,7,9,11,17H,3-6,8,10H2,(H2,16,20). The predicted molar refractivity (Wildman–Crippen MR) is 90.9 cm³/mol. The first-order valence-corrected chi connectivity index (χ1v) is 9.13. The monoisotopic (exact) mass is 336 g/mol. The van der Waals surface area contributed by atoms with Crippen LogP contribution in [0.1, 0.15) is 17.7 Å². The molecule has 1 fully saturated rings. The van der Waals surface area contributed by atoms with Crippen molar-refractivity contribution < 1.29 is 4.79 Å². The Morgan fingerprint density at radius 3 is 2.95 bits per heavy atom. The van der Waals surface area contributed by atoms with Crippen molar-refractivity contribution in [2.45, 2.75) is 25.4 Å². The van der Waals surface area contributed by atoms with Crippen LogP contribution in [0, 0.1) is 0 Å². The average Bonchev–Trinajstić information content (AvgIpc) is 3.17. The molecule has 0 radical (unpaired) electrons. The largest absolute Gasteiger partial charge is 0.369 e. The lowest BCUT2D eigenvalue weighted by Gasteiger charge is -2.31. The third kappa shape index (κ3) is 4.13. The summed E-state index contributed by atoms with van der Waals surface area (Å²) in [6.07, 6.45) is 4.09. The number of thiazole rings is 1. The van der Waals surface area contributed by atoms with Crippen molar-refractivity contribution in [3.63, 3.8) is 0 Å². The number of aromatic nitrogens is 1. The molecule has 2 aromatic rings. The Labute approximate surface area is 138 Å². The smallest absolute Gasteiger partial charge is 0.231 e. The summed E-state index contributed by atoms with van der Waals surface area (Å²) in [4.78, 5) is 20.0. The fourth-order valence-corrected chi connectivity index (χ4v) is 4.33. The summed E-state index contributed by atoms with van der Waals surface area (Å²) >= 11 is 3.48. The van der Waals surface area contributed by atoms with E-state index in [4.69, 9.17) is 5.73 Å². The Morgan fingerprint density at radius 2 is 2.27 bits per heavy atom. The normalized spacial score (nSPS) is 16.9. The molecule has 3 heterocycles. The highest BCUT2D eigenvalue weighted by Gasteiger charge is 2.19. The van der Waals surface area contributed by atoms with Gasteiger partial charge in [0.25, 0.3) is 0 Å². The van der Waals surface area contributed by atoms with Crippen LogP contribution in [0.3, 0.4) is 0 Å². The molecule has 0 aromatic carbocycles. The first kappa shape index (κ1) is 15.6. The van der Waals surface area contributed by atoms with Crippen LogP contribution in [-0.2, 0) is 11.3 Å². The molecule has 2 aromatic heterocycles. The summed E-state index contributed by atoms with van der Waals surface area (Å²) in [5.74, 6) is -0.239. The van der Waals surface area contributed by atoms with Crippen LogP contribution in [0.2, 0.25) is 0 Å². The highest BCUT2D eigenvalue weighted by molar-refractivity contribution is 7.20. The fraction of sp³-hybridized carbons (Fsp3) is 0.467. The zero-order chi connectivity index (χ0) is 15.4. The number of likely N-dealkylation sites (tertiary alicyclic amines) is 1. The molecule has 3 rings (SSSR count). The number of nitrogens with zero attached hydrogens (tertiary/aromatic N) is 2. The van der Waals surface area contributed by atoms with E-state index < -0.39 is 0 Å². The van der Waals surface area contributed by atoms with E-state index in [1.165, 1.54) is 9.75 Å². The van der Waals surface area contributed by atoms with Crippen LogP contribution >= 0.6 is 22.7 Å². The van der Waals surface area contributed by atoms with Gasteiger partial charge in [-0.15, -0.1) is 22.7 Å². The van der Waals surface area contributed by atoms with Crippen LogP contribution in [-0.4, -0.2) is 41.5 Å². The summed E-state index contributed by atoms with van der Waals surface area (Å²) in [6, 6.07) is 4.67. The van der Waals surface area contributed by atoms with E-state index in [1.807, 2.05) is 6.20 Å². The van der Waals surface area contributed by atoms with E-state index in [9.17, 15) is 4.79 Å². The maximum absolute atomic E-state index is 10.9. The lowest BCUT2D eigenvalue weighted by Crippen LogP contribution is -2.45. The van der Waals surface area contributed by atoms with E-state index in [0.29, 0.717) is 12.6 Å². The van der Waals surface area contributed by atoms with Crippen molar-refractivity contribution in [2.24, 2.45) is 5.73 Å². The van der Waals surface area contributed by atoms with Gasteiger partial charge in [0.1, 0.15) is 5.01 Å². The number of nitrogens with one attached hydrogen (secondary N) is 1. The lowest BCUT2D eigenvalue weighted by molar-refractivity contribution is -0.119. The SMILES string of the molecule is NC(=O)CN1CCC(NCc2cnc(-c3cccs3)s2)CC1. The fourth-order valence-electron chi connectivity index (χ4n) is 2.66. The van der Waals surface area contributed by atoms with Crippen molar-refractivity contribution in [2.75, 3.05) is 19.6 Å². The Morgan fingerprint density at radius 1 is 1.45 bits per heavy atom.